The number of carbonyl (C=O) groups is 2. The molecule has 1 atom stereocenters. The summed E-state index contributed by atoms with van der Waals surface area (Å²) >= 11 is 0. The number of carbonyl (C=O) groups excluding carboxylic acids is 1. The van der Waals surface area contributed by atoms with E-state index in [2.05, 4.69) is 6.92 Å². The monoisotopic (exact) mass is 248 g/mol. The van der Waals surface area contributed by atoms with Crippen molar-refractivity contribution in [1.29, 1.82) is 0 Å². The highest BCUT2D eigenvalue weighted by atomic mass is 16.4. The number of hydrogen-bond donors (Lipinski definition) is 2. The first kappa shape index (κ1) is 12.6. The van der Waals surface area contributed by atoms with E-state index in [1.54, 1.807) is 12.1 Å². The van der Waals surface area contributed by atoms with Gasteiger partial charge < -0.3 is 10.8 Å². The summed E-state index contributed by atoms with van der Waals surface area (Å²) in [4.78, 5) is 23.8. The van der Waals surface area contributed by atoms with Gasteiger partial charge in [-0.25, -0.2) is 4.79 Å². The van der Waals surface area contributed by atoms with Crippen molar-refractivity contribution in [2.75, 3.05) is 13.1 Å². The quantitative estimate of drug-likeness (QED) is 0.828. The second-order valence-electron chi connectivity index (χ2n) is 4.76. The molecule has 2 rings (SSSR count). The predicted octanol–water partition coefficient (Wildman–Crippen LogP) is 0.789. The molecule has 1 aliphatic heterocycles. The number of nitrogens with zero attached hydrogens (tertiary/aromatic N) is 1. The minimum absolute atomic E-state index is 0.209. The van der Waals surface area contributed by atoms with E-state index in [9.17, 15) is 9.59 Å². The first-order valence-corrected chi connectivity index (χ1v) is 5.84. The van der Waals surface area contributed by atoms with Crippen LogP contribution in [0, 0.1) is 0 Å². The topological polar surface area (TPSA) is 83.6 Å². The van der Waals surface area contributed by atoms with Crippen molar-refractivity contribution in [3.05, 3.63) is 34.9 Å². The van der Waals surface area contributed by atoms with Crippen LogP contribution in [-0.4, -0.2) is 35.0 Å². The molecule has 1 aliphatic rings. The molecule has 0 aromatic heterocycles. The molecule has 1 amide bonds. The molecule has 0 saturated carbocycles. The maximum absolute atomic E-state index is 10.9. The van der Waals surface area contributed by atoms with Crippen LogP contribution in [0.4, 0.5) is 0 Å². The van der Waals surface area contributed by atoms with Crippen molar-refractivity contribution in [3.8, 4) is 0 Å². The molecule has 3 N–H and O–H groups in total. The van der Waals surface area contributed by atoms with Gasteiger partial charge in [0.15, 0.2) is 0 Å². The fourth-order valence-electron chi connectivity index (χ4n) is 2.49. The molecule has 1 aromatic rings. The van der Waals surface area contributed by atoms with E-state index >= 15 is 0 Å². The summed E-state index contributed by atoms with van der Waals surface area (Å²) < 4.78 is 0. The fraction of sp³-hybridized carbons (Fsp3) is 0.385. The number of carboxylic acid groups (broad SMARTS) is 1. The first-order valence-electron chi connectivity index (χ1n) is 5.84. The average molecular weight is 248 g/mol. The predicted molar refractivity (Wildman–Crippen MR) is 66.3 cm³/mol. The summed E-state index contributed by atoms with van der Waals surface area (Å²) in [5.74, 6) is -1.02. The van der Waals surface area contributed by atoms with Gasteiger partial charge in [0.05, 0.1) is 12.1 Å². The van der Waals surface area contributed by atoms with Crippen molar-refractivity contribution in [1.82, 2.24) is 4.90 Å². The second kappa shape index (κ2) is 4.78. The van der Waals surface area contributed by atoms with Gasteiger partial charge in [0, 0.05) is 13.1 Å². The van der Waals surface area contributed by atoms with Gasteiger partial charge in [-0.05, 0) is 29.2 Å². The Balaban J connectivity index is 2.29. The zero-order valence-electron chi connectivity index (χ0n) is 10.2. The van der Waals surface area contributed by atoms with Gasteiger partial charge >= 0.3 is 5.97 Å². The van der Waals surface area contributed by atoms with Crippen LogP contribution in [0.2, 0.25) is 0 Å². The van der Waals surface area contributed by atoms with E-state index in [4.69, 9.17) is 10.8 Å². The molecule has 0 saturated heterocycles. The summed E-state index contributed by atoms with van der Waals surface area (Å²) in [5, 5.41) is 8.98. The van der Waals surface area contributed by atoms with E-state index in [-0.39, 0.29) is 23.9 Å². The summed E-state index contributed by atoms with van der Waals surface area (Å²) in [6, 6.07) is 5.17. The minimum Gasteiger partial charge on any atom is -0.478 e. The van der Waals surface area contributed by atoms with E-state index in [0.29, 0.717) is 6.54 Å². The number of hydrogen-bond acceptors (Lipinski definition) is 3. The highest BCUT2D eigenvalue weighted by molar-refractivity contribution is 5.88. The molecule has 5 heteroatoms. The number of amides is 1. The van der Waals surface area contributed by atoms with Gasteiger partial charge in [-0.15, -0.1) is 0 Å². The van der Waals surface area contributed by atoms with Crippen LogP contribution < -0.4 is 5.73 Å². The summed E-state index contributed by atoms with van der Waals surface area (Å²) in [7, 11) is 0. The Labute approximate surface area is 105 Å². The number of fused-ring (bicyclic) bond motifs is 1. The van der Waals surface area contributed by atoms with Gasteiger partial charge in [-0.3, -0.25) is 9.69 Å². The minimum atomic E-state index is -0.933. The molecule has 18 heavy (non-hydrogen) atoms. The zero-order chi connectivity index (χ0) is 13.3. The lowest BCUT2D eigenvalue weighted by Gasteiger charge is -2.32. The van der Waals surface area contributed by atoms with Gasteiger partial charge in [0.25, 0.3) is 0 Å². The first-order chi connectivity index (χ1) is 8.47. The molecule has 0 fully saturated rings. The Hall–Kier alpha value is -1.88. The fourth-order valence-corrected chi connectivity index (χ4v) is 2.49. The maximum atomic E-state index is 10.9. The lowest BCUT2D eigenvalue weighted by molar-refractivity contribution is -0.119. The molecule has 5 nitrogen and oxygen atoms in total. The molecule has 0 unspecified atom stereocenters. The highest BCUT2D eigenvalue weighted by Gasteiger charge is 2.23. The van der Waals surface area contributed by atoms with Gasteiger partial charge in [-0.2, -0.15) is 0 Å². The summed E-state index contributed by atoms with van der Waals surface area (Å²) in [6.07, 6.45) is 0. The van der Waals surface area contributed by atoms with Crippen molar-refractivity contribution >= 4 is 11.9 Å². The number of nitrogens with two attached hydrogens (primary N) is 1. The van der Waals surface area contributed by atoms with E-state index in [1.807, 2.05) is 11.0 Å². The normalized spacial score (nSPS) is 19.3. The van der Waals surface area contributed by atoms with Gasteiger partial charge in [-0.1, -0.05) is 13.0 Å². The number of benzene rings is 1. The molecule has 1 aromatic carbocycles. The van der Waals surface area contributed by atoms with Crippen LogP contribution in [-0.2, 0) is 11.3 Å². The third-order valence-electron chi connectivity index (χ3n) is 3.23. The van der Waals surface area contributed by atoms with Crippen LogP contribution in [0.5, 0.6) is 0 Å². The van der Waals surface area contributed by atoms with E-state index < -0.39 is 5.97 Å². The van der Waals surface area contributed by atoms with E-state index in [0.717, 1.165) is 17.7 Å². The third-order valence-corrected chi connectivity index (χ3v) is 3.23. The average Bonchev–Trinajstić information content (AvgIpc) is 2.27. The largest absolute Gasteiger partial charge is 0.478 e. The Morgan fingerprint density at radius 2 is 2.22 bits per heavy atom. The molecule has 0 spiro atoms. The van der Waals surface area contributed by atoms with Crippen LogP contribution in [0.1, 0.15) is 34.3 Å². The molecular formula is C13H16N2O3. The molecule has 0 radical (unpaired) electrons. The highest BCUT2D eigenvalue weighted by Crippen LogP contribution is 2.28. The third kappa shape index (κ3) is 2.51. The van der Waals surface area contributed by atoms with Crippen molar-refractivity contribution in [2.24, 2.45) is 5.73 Å². The van der Waals surface area contributed by atoms with Gasteiger partial charge in [0.1, 0.15) is 0 Å². The zero-order valence-corrected chi connectivity index (χ0v) is 10.2. The molecular weight excluding hydrogens is 232 g/mol. The molecule has 1 heterocycles. The van der Waals surface area contributed by atoms with Crippen LogP contribution in [0.15, 0.2) is 18.2 Å². The summed E-state index contributed by atoms with van der Waals surface area (Å²) in [5.41, 5.74) is 7.59. The molecule has 0 aliphatic carbocycles. The van der Waals surface area contributed by atoms with Crippen LogP contribution in [0.3, 0.4) is 0 Å². The Morgan fingerprint density at radius 3 is 2.83 bits per heavy atom. The standard InChI is InChI=1S/C13H16N2O3/c1-8-5-15(7-12(14)16)6-10-4-9(13(17)18)2-3-11(8)10/h2-4,8H,5-7H2,1H3,(H2,14,16)(H,17,18)/t8-/m0/s1. The lowest BCUT2D eigenvalue weighted by atomic mass is 9.90. The van der Waals surface area contributed by atoms with Crippen LogP contribution >= 0.6 is 0 Å². The Bertz CT molecular complexity index is 499. The van der Waals surface area contributed by atoms with Gasteiger partial charge in [0.2, 0.25) is 5.91 Å². The SMILES string of the molecule is C[C@H]1CN(CC(N)=O)Cc2cc(C(=O)O)ccc21. The number of rotatable bonds is 3. The van der Waals surface area contributed by atoms with Crippen molar-refractivity contribution in [2.45, 2.75) is 19.4 Å². The Morgan fingerprint density at radius 1 is 1.50 bits per heavy atom. The van der Waals surface area contributed by atoms with Crippen molar-refractivity contribution < 1.29 is 14.7 Å². The number of aromatic carboxylic acids is 1. The maximum Gasteiger partial charge on any atom is 0.335 e. The number of primary amides is 1. The van der Waals surface area contributed by atoms with Crippen molar-refractivity contribution in [3.63, 3.8) is 0 Å². The molecule has 0 bridgehead atoms. The second-order valence-corrected chi connectivity index (χ2v) is 4.76. The molecule has 96 valence electrons. The number of carboxylic acids is 1. The van der Waals surface area contributed by atoms with Crippen LogP contribution in [0.25, 0.3) is 0 Å². The lowest BCUT2D eigenvalue weighted by Crippen LogP contribution is -2.38. The smallest absolute Gasteiger partial charge is 0.335 e. The van der Waals surface area contributed by atoms with E-state index in [1.165, 1.54) is 0 Å². The summed E-state index contributed by atoms with van der Waals surface area (Å²) in [6.45, 7) is 3.61. The Kier molecular flexibility index (Phi) is 3.34.